The first-order chi connectivity index (χ1) is 10.2. The number of hydrogen-bond acceptors (Lipinski definition) is 3. The van der Waals surface area contributed by atoms with Gasteiger partial charge < -0.3 is 14.6 Å². The van der Waals surface area contributed by atoms with Crippen LogP contribution in [0.5, 0.6) is 5.75 Å². The van der Waals surface area contributed by atoms with Gasteiger partial charge in [0.25, 0.3) is 0 Å². The molecule has 3 heteroatoms. The molecule has 1 aliphatic heterocycles. The summed E-state index contributed by atoms with van der Waals surface area (Å²) < 4.78 is 12.3. The number of rotatable bonds is 4. The molecule has 1 heterocycles. The van der Waals surface area contributed by atoms with Crippen LogP contribution in [0.4, 0.5) is 0 Å². The van der Waals surface area contributed by atoms with Gasteiger partial charge >= 0.3 is 0 Å². The minimum absolute atomic E-state index is 0.0707. The third kappa shape index (κ3) is 3.24. The molecule has 1 N–H and O–H groups in total. The normalized spacial score (nSPS) is 25.9. The van der Waals surface area contributed by atoms with Crippen molar-refractivity contribution < 1.29 is 14.6 Å². The summed E-state index contributed by atoms with van der Waals surface area (Å²) in [6, 6.07) is 7.88. The van der Waals surface area contributed by atoms with Gasteiger partial charge in [-0.3, -0.25) is 0 Å². The highest BCUT2D eigenvalue weighted by molar-refractivity contribution is 5.35. The summed E-state index contributed by atoms with van der Waals surface area (Å²) >= 11 is 0. The van der Waals surface area contributed by atoms with E-state index in [1.54, 1.807) is 0 Å². The molecule has 3 rings (SSSR count). The van der Waals surface area contributed by atoms with Crippen LogP contribution in [0.3, 0.4) is 0 Å². The molecule has 21 heavy (non-hydrogen) atoms. The first kappa shape index (κ1) is 14.9. The second-order valence-corrected chi connectivity index (χ2v) is 6.43. The lowest BCUT2D eigenvalue weighted by Crippen LogP contribution is -2.41. The fourth-order valence-electron chi connectivity index (χ4n) is 3.71. The van der Waals surface area contributed by atoms with Crippen LogP contribution in [0.25, 0.3) is 0 Å². The average molecular weight is 290 g/mol. The minimum atomic E-state index is -0.443. The molecule has 1 aromatic carbocycles. The number of ether oxygens (including phenoxy) is 2. The summed E-state index contributed by atoms with van der Waals surface area (Å²) in [5, 5.41) is 10.1. The maximum Gasteiger partial charge on any atom is 0.125 e. The summed E-state index contributed by atoms with van der Waals surface area (Å²) in [6.07, 6.45) is 7.30. The molecule has 1 aromatic rings. The largest absolute Gasteiger partial charge is 0.490 e. The molecule has 0 bridgehead atoms. The van der Waals surface area contributed by atoms with E-state index >= 15 is 0 Å². The van der Waals surface area contributed by atoms with Crippen LogP contribution in [0, 0.1) is 0 Å². The van der Waals surface area contributed by atoms with Crippen molar-refractivity contribution in [2.75, 3.05) is 6.61 Å². The first-order valence-electron chi connectivity index (χ1n) is 8.30. The molecule has 0 amide bonds. The number of hydrogen-bond donors (Lipinski definition) is 1. The summed E-state index contributed by atoms with van der Waals surface area (Å²) in [6.45, 7) is 2.78. The van der Waals surface area contributed by atoms with Crippen molar-refractivity contribution >= 4 is 0 Å². The van der Waals surface area contributed by atoms with E-state index < -0.39 is 6.10 Å². The summed E-state index contributed by atoms with van der Waals surface area (Å²) in [5.74, 6) is 0.840. The highest BCUT2D eigenvalue weighted by Gasteiger charge is 2.40. The fourth-order valence-corrected chi connectivity index (χ4v) is 3.71. The Kier molecular flexibility index (Phi) is 4.51. The van der Waals surface area contributed by atoms with Crippen molar-refractivity contribution in [2.45, 2.75) is 69.7 Å². The Morgan fingerprint density at radius 1 is 1.33 bits per heavy atom. The van der Waals surface area contributed by atoms with E-state index in [2.05, 4.69) is 0 Å². The Balaban J connectivity index is 1.71. The van der Waals surface area contributed by atoms with E-state index in [0.29, 0.717) is 6.42 Å². The van der Waals surface area contributed by atoms with E-state index in [-0.39, 0.29) is 11.7 Å². The third-order valence-corrected chi connectivity index (χ3v) is 4.92. The second kappa shape index (κ2) is 6.37. The average Bonchev–Trinajstić information content (AvgIpc) is 2.95. The van der Waals surface area contributed by atoms with Gasteiger partial charge in [0.05, 0.1) is 18.3 Å². The molecule has 0 radical (unpaired) electrons. The van der Waals surface area contributed by atoms with Gasteiger partial charge in [-0.2, -0.15) is 0 Å². The highest BCUT2D eigenvalue weighted by atomic mass is 16.5. The second-order valence-electron chi connectivity index (χ2n) is 6.43. The molecule has 1 spiro atoms. The number of aliphatic hydroxyl groups excluding tert-OH is 1. The quantitative estimate of drug-likeness (QED) is 0.911. The molecular formula is C18H26O3. The molecule has 0 aromatic heterocycles. The maximum absolute atomic E-state index is 10.1. The molecule has 116 valence electrons. The van der Waals surface area contributed by atoms with Crippen molar-refractivity contribution in [1.82, 2.24) is 0 Å². The zero-order valence-corrected chi connectivity index (χ0v) is 12.9. The number of benzene rings is 1. The van der Waals surface area contributed by atoms with Crippen LogP contribution >= 0.6 is 0 Å². The Labute approximate surface area is 127 Å². The summed E-state index contributed by atoms with van der Waals surface area (Å²) in [5.41, 5.74) is 0.980. The van der Waals surface area contributed by atoms with Crippen LogP contribution in [-0.4, -0.2) is 23.4 Å². The number of aliphatic hydroxyl groups is 1. The molecule has 1 saturated carbocycles. The molecule has 2 fully saturated rings. The van der Waals surface area contributed by atoms with Crippen LogP contribution in [0.15, 0.2) is 24.3 Å². The van der Waals surface area contributed by atoms with E-state index in [1.165, 1.54) is 25.7 Å². The van der Waals surface area contributed by atoms with Crippen molar-refractivity contribution in [3.63, 3.8) is 0 Å². The SMILES string of the molecule is CC[C@H](O)c1ccccc1OC1CCOC2(CCCC2)C1. The van der Waals surface area contributed by atoms with E-state index in [9.17, 15) is 5.11 Å². The van der Waals surface area contributed by atoms with Gasteiger partial charge in [-0.25, -0.2) is 0 Å². The van der Waals surface area contributed by atoms with Crippen LogP contribution in [-0.2, 0) is 4.74 Å². The third-order valence-electron chi connectivity index (χ3n) is 4.92. The molecule has 1 aliphatic carbocycles. The van der Waals surface area contributed by atoms with Crippen LogP contribution in [0.1, 0.15) is 63.5 Å². The molecule has 1 saturated heterocycles. The maximum atomic E-state index is 10.1. The van der Waals surface area contributed by atoms with Crippen LogP contribution in [0.2, 0.25) is 0 Å². The predicted molar refractivity (Wildman–Crippen MR) is 82.5 cm³/mol. The van der Waals surface area contributed by atoms with E-state index in [1.807, 2.05) is 31.2 Å². The fraction of sp³-hybridized carbons (Fsp3) is 0.667. The number of para-hydroxylation sites is 1. The lowest BCUT2D eigenvalue weighted by Gasteiger charge is -2.38. The van der Waals surface area contributed by atoms with Gasteiger partial charge in [0.15, 0.2) is 0 Å². The molecule has 2 atom stereocenters. The Morgan fingerprint density at radius 3 is 2.86 bits per heavy atom. The van der Waals surface area contributed by atoms with Gasteiger partial charge in [0, 0.05) is 18.4 Å². The van der Waals surface area contributed by atoms with Crippen molar-refractivity contribution in [3.05, 3.63) is 29.8 Å². The Morgan fingerprint density at radius 2 is 2.10 bits per heavy atom. The molecule has 2 aliphatic rings. The molecular weight excluding hydrogens is 264 g/mol. The Hall–Kier alpha value is -1.06. The first-order valence-corrected chi connectivity index (χ1v) is 8.30. The van der Waals surface area contributed by atoms with Gasteiger partial charge in [0.2, 0.25) is 0 Å². The molecule has 3 nitrogen and oxygen atoms in total. The van der Waals surface area contributed by atoms with Crippen LogP contribution < -0.4 is 4.74 Å². The zero-order valence-electron chi connectivity index (χ0n) is 12.9. The van der Waals surface area contributed by atoms with Gasteiger partial charge in [-0.1, -0.05) is 38.0 Å². The van der Waals surface area contributed by atoms with E-state index in [0.717, 1.165) is 30.8 Å². The monoisotopic (exact) mass is 290 g/mol. The van der Waals surface area contributed by atoms with Gasteiger partial charge in [-0.05, 0) is 25.3 Å². The smallest absolute Gasteiger partial charge is 0.125 e. The van der Waals surface area contributed by atoms with Gasteiger partial charge in [-0.15, -0.1) is 0 Å². The minimum Gasteiger partial charge on any atom is -0.490 e. The standard InChI is InChI=1S/C18H26O3/c1-2-16(19)15-7-3-4-8-17(15)21-14-9-12-20-18(13-14)10-5-6-11-18/h3-4,7-8,14,16,19H,2,5-6,9-13H2,1H3/t14?,16-/m0/s1. The van der Waals surface area contributed by atoms with Crippen molar-refractivity contribution in [2.24, 2.45) is 0 Å². The Bertz CT molecular complexity index is 465. The topological polar surface area (TPSA) is 38.7 Å². The van der Waals surface area contributed by atoms with Crippen molar-refractivity contribution in [3.8, 4) is 5.75 Å². The van der Waals surface area contributed by atoms with E-state index in [4.69, 9.17) is 9.47 Å². The summed E-state index contributed by atoms with van der Waals surface area (Å²) in [4.78, 5) is 0. The van der Waals surface area contributed by atoms with Crippen molar-refractivity contribution in [1.29, 1.82) is 0 Å². The molecule has 1 unspecified atom stereocenters. The highest BCUT2D eigenvalue weighted by Crippen LogP contribution is 2.41. The lowest BCUT2D eigenvalue weighted by atomic mass is 9.90. The predicted octanol–water partition coefficient (Wildman–Crippen LogP) is 4.00. The lowest BCUT2D eigenvalue weighted by molar-refractivity contribution is -0.108. The van der Waals surface area contributed by atoms with Gasteiger partial charge in [0.1, 0.15) is 11.9 Å². The zero-order chi connectivity index (χ0) is 14.7. The summed E-state index contributed by atoms with van der Waals surface area (Å²) in [7, 11) is 0.